The topological polar surface area (TPSA) is 49.4 Å². The van der Waals surface area contributed by atoms with Crippen molar-refractivity contribution in [3.63, 3.8) is 0 Å². The number of carbonyl (C=O) groups excluding carboxylic acids is 2. The maximum atomic E-state index is 13.1. The Morgan fingerprint density at radius 3 is 2.48 bits per heavy atom. The summed E-state index contributed by atoms with van der Waals surface area (Å²) in [5, 5.41) is 2.50. The second kappa shape index (κ2) is 8.19. The summed E-state index contributed by atoms with van der Waals surface area (Å²) in [7, 11) is 0. The van der Waals surface area contributed by atoms with Crippen LogP contribution < -0.4 is 10.2 Å². The van der Waals surface area contributed by atoms with Gasteiger partial charge in [-0.1, -0.05) is 18.5 Å². The maximum absolute atomic E-state index is 13.1. The molecule has 0 atom stereocenters. The molecule has 0 aliphatic rings. The molecule has 1 N–H and O–H groups in total. The molecule has 0 unspecified atom stereocenters. The highest BCUT2D eigenvalue weighted by atomic mass is 35.5. The molecule has 0 aliphatic carbocycles. The summed E-state index contributed by atoms with van der Waals surface area (Å²) in [6.07, 6.45) is -3.65. The van der Waals surface area contributed by atoms with Crippen molar-refractivity contribution < 1.29 is 22.8 Å². The average Bonchev–Trinajstić information content (AvgIpc) is 2.43. The molecule has 0 aliphatic heterocycles. The Bertz CT molecular complexity index is 576. The van der Waals surface area contributed by atoms with Crippen LogP contribution in [0, 0.1) is 0 Å². The Morgan fingerprint density at radius 1 is 1.30 bits per heavy atom. The zero-order valence-corrected chi connectivity index (χ0v) is 13.6. The maximum Gasteiger partial charge on any atom is 0.418 e. The quantitative estimate of drug-likeness (QED) is 0.851. The molecule has 0 spiro atoms. The summed E-state index contributed by atoms with van der Waals surface area (Å²) >= 11 is 5.63. The number of hydrogen-bond acceptors (Lipinski definition) is 2. The molecule has 0 heterocycles. The van der Waals surface area contributed by atoms with Crippen LogP contribution in [-0.4, -0.2) is 24.9 Å². The van der Waals surface area contributed by atoms with E-state index in [9.17, 15) is 22.8 Å². The number of hydrogen-bond donors (Lipinski definition) is 1. The molecular formula is C15H18ClF3N2O2. The van der Waals surface area contributed by atoms with Crippen LogP contribution in [0.2, 0.25) is 5.02 Å². The standard InChI is InChI=1S/C15H18ClF3N2O2/c1-3-4-14(23)20-7-8-21(10(2)22)13-6-5-11(16)9-12(13)15(17,18)19/h5-6,9H,3-4,7-8H2,1-2H3,(H,20,23). The van der Waals surface area contributed by atoms with E-state index in [1.807, 2.05) is 6.92 Å². The molecule has 0 radical (unpaired) electrons. The second-order valence-electron chi connectivity index (χ2n) is 4.93. The zero-order valence-electron chi connectivity index (χ0n) is 12.8. The van der Waals surface area contributed by atoms with Crippen molar-refractivity contribution in [1.82, 2.24) is 5.32 Å². The molecule has 8 heteroatoms. The molecule has 0 bridgehead atoms. The third-order valence-corrected chi connectivity index (χ3v) is 3.30. The van der Waals surface area contributed by atoms with Crippen LogP contribution in [0.15, 0.2) is 18.2 Å². The molecule has 0 aromatic heterocycles. The Morgan fingerprint density at radius 2 is 1.96 bits per heavy atom. The molecule has 0 saturated heterocycles. The van der Waals surface area contributed by atoms with Gasteiger partial charge in [-0.3, -0.25) is 9.59 Å². The first-order valence-electron chi connectivity index (χ1n) is 7.08. The summed E-state index contributed by atoms with van der Waals surface area (Å²) in [6, 6.07) is 3.22. The van der Waals surface area contributed by atoms with E-state index in [1.54, 1.807) is 0 Å². The lowest BCUT2D eigenvalue weighted by Gasteiger charge is -2.25. The van der Waals surface area contributed by atoms with E-state index in [2.05, 4.69) is 5.32 Å². The van der Waals surface area contributed by atoms with E-state index in [0.29, 0.717) is 12.8 Å². The average molecular weight is 351 g/mol. The number of anilines is 1. The van der Waals surface area contributed by atoms with Crippen molar-refractivity contribution in [3.8, 4) is 0 Å². The van der Waals surface area contributed by atoms with E-state index >= 15 is 0 Å². The molecule has 0 saturated carbocycles. The zero-order chi connectivity index (χ0) is 17.6. The van der Waals surface area contributed by atoms with Crippen molar-refractivity contribution in [2.45, 2.75) is 32.9 Å². The van der Waals surface area contributed by atoms with Gasteiger partial charge >= 0.3 is 6.18 Å². The molecule has 4 nitrogen and oxygen atoms in total. The van der Waals surface area contributed by atoms with Crippen LogP contribution in [0.4, 0.5) is 18.9 Å². The van der Waals surface area contributed by atoms with Gasteiger partial charge in [0.15, 0.2) is 0 Å². The molecule has 1 aromatic rings. The fraction of sp³-hybridized carbons (Fsp3) is 0.467. The van der Waals surface area contributed by atoms with Crippen molar-refractivity contribution in [2.75, 3.05) is 18.0 Å². The highest BCUT2D eigenvalue weighted by Gasteiger charge is 2.35. The smallest absolute Gasteiger partial charge is 0.354 e. The van der Waals surface area contributed by atoms with Gasteiger partial charge in [-0.2, -0.15) is 13.2 Å². The lowest BCUT2D eigenvalue weighted by molar-refractivity contribution is -0.137. The minimum Gasteiger partial charge on any atom is -0.354 e. The van der Waals surface area contributed by atoms with E-state index in [0.717, 1.165) is 17.0 Å². The largest absolute Gasteiger partial charge is 0.418 e. The predicted octanol–water partition coefficient (Wildman–Crippen LogP) is 3.63. The van der Waals surface area contributed by atoms with Crippen LogP contribution >= 0.6 is 11.6 Å². The molecular weight excluding hydrogens is 333 g/mol. The summed E-state index contributed by atoms with van der Waals surface area (Å²) in [4.78, 5) is 24.1. The highest BCUT2D eigenvalue weighted by molar-refractivity contribution is 6.30. The summed E-state index contributed by atoms with van der Waals surface area (Å²) in [5.41, 5.74) is -1.26. The number of nitrogens with zero attached hydrogens (tertiary/aromatic N) is 1. The van der Waals surface area contributed by atoms with Crippen molar-refractivity contribution in [1.29, 1.82) is 0 Å². The lowest BCUT2D eigenvalue weighted by atomic mass is 10.1. The third kappa shape index (κ3) is 5.74. The molecule has 128 valence electrons. The summed E-state index contributed by atoms with van der Waals surface area (Å²) in [6.45, 7) is 3.02. The monoisotopic (exact) mass is 350 g/mol. The first-order chi connectivity index (χ1) is 10.7. The van der Waals surface area contributed by atoms with E-state index in [1.165, 1.54) is 13.0 Å². The van der Waals surface area contributed by atoms with Gasteiger partial charge in [-0.05, 0) is 24.6 Å². The number of halogens is 4. The second-order valence-corrected chi connectivity index (χ2v) is 5.37. The fourth-order valence-corrected chi connectivity index (χ4v) is 2.21. The summed E-state index contributed by atoms with van der Waals surface area (Å²) < 4.78 is 39.4. The molecule has 1 aromatic carbocycles. The summed E-state index contributed by atoms with van der Waals surface area (Å²) in [5.74, 6) is -0.759. The molecule has 2 amide bonds. The fourth-order valence-electron chi connectivity index (χ4n) is 2.04. The lowest BCUT2D eigenvalue weighted by Crippen LogP contribution is -2.38. The Balaban J connectivity index is 2.98. The Hall–Kier alpha value is -1.76. The van der Waals surface area contributed by atoms with Gasteiger partial charge in [-0.15, -0.1) is 0 Å². The van der Waals surface area contributed by atoms with Gasteiger partial charge in [0.05, 0.1) is 11.3 Å². The predicted molar refractivity (Wildman–Crippen MR) is 82.4 cm³/mol. The number of nitrogens with one attached hydrogen (secondary N) is 1. The Labute approximate surface area is 137 Å². The van der Waals surface area contributed by atoms with Crippen LogP contribution in [0.5, 0.6) is 0 Å². The van der Waals surface area contributed by atoms with E-state index in [4.69, 9.17) is 11.6 Å². The number of benzene rings is 1. The van der Waals surface area contributed by atoms with Gasteiger partial charge in [0.25, 0.3) is 0 Å². The number of amides is 2. The number of carbonyl (C=O) groups is 2. The third-order valence-electron chi connectivity index (χ3n) is 3.07. The van der Waals surface area contributed by atoms with Crippen molar-refractivity contribution in [3.05, 3.63) is 28.8 Å². The van der Waals surface area contributed by atoms with Crippen LogP contribution in [0.3, 0.4) is 0 Å². The van der Waals surface area contributed by atoms with Gasteiger partial charge in [0, 0.05) is 31.5 Å². The minimum absolute atomic E-state index is 0.0600. The molecule has 1 rings (SSSR count). The molecule has 0 fully saturated rings. The number of rotatable bonds is 6. The van der Waals surface area contributed by atoms with Crippen LogP contribution in [0.25, 0.3) is 0 Å². The van der Waals surface area contributed by atoms with Gasteiger partial charge in [-0.25, -0.2) is 0 Å². The van der Waals surface area contributed by atoms with E-state index in [-0.39, 0.29) is 29.7 Å². The highest BCUT2D eigenvalue weighted by Crippen LogP contribution is 2.38. The van der Waals surface area contributed by atoms with Gasteiger partial charge < -0.3 is 10.2 Å². The van der Waals surface area contributed by atoms with Crippen LogP contribution in [0.1, 0.15) is 32.3 Å². The van der Waals surface area contributed by atoms with Crippen molar-refractivity contribution in [2.24, 2.45) is 0 Å². The normalized spacial score (nSPS) is 11.2. The number of alkyl halides is 3. The minimum atomic E-state index is -4.64. The first kappa shape index (κ1) is 19.3. The Kier molecular flexibility index (Phi) is 6.87. The first-order valence-corrected chi connectivity index (χ1v) is 7.46. The van der Waals surface area contributed by atoms with Gasteiger partial charge in [0.1, 0.15) is 0 Å². The van der Waals surface area contributed by atoms with Gasteiger partial charge in [0.2, 0.25) is 11.8 Å². The van der Waals surface area contributed by atoms with Crippen molar-refractivity contribution >= 4 is 29.1 Å². The van der Waals surface area contributed by atoms with Crippen LogP contribution in [-0.2, 0) is 15.8 Å². The SMILES string of the molecule is CCCC(=O)NCCN(C(C)=O)c1ccc(Cl)cc1C(F)(F)F. The van der Waals surface area contributed by atoms with E-state index < -0.39 is 17.6 Å². The molecule has 23 heavy (non-hydrogen) atoms.